The Hall–Kier alpha value is -2.08. The smallest absolute Gasteiger partial charge is 0.347 e. The van der Waals surface area contributed by atoms with E-state index < -0.39 is 5.97 Å². The normalized spacial score (nSPS) is 10.3. The average molecular weight is 292 g/mol. The van der Waals surface area contributed by atoms with Crippen LogP contribution in [0.3, 0.4) is 0 Å². The van der Waals surface area contributed by atoms with E-state index in [2.05, 4.69) is 4.98 Å². The van der Waals surface area contributed by atoms with Crippen LogP contribution in [0.15, 0.2) is 24.3 Å². The second kappa shape index (κ2) is 5.92. The van der Waals surface area contributed by atoms with E-state index in [-0.39, 0.29) is 0 Å². The summed E-state index contributed by atoms with van der Waals surface area (Å²) in [5.74, 6) is -0.112. The number of aromatic carboxylic acids is 1. The minimum atomic E-state index is -0.927. The molecule has 0 bridgehead atoms. The Kier molecular flexibility index (Phi) is 4.24. The number of rotatable bonds is 5. The zero-order chi connectivity index (χ0) is 14.7. The molecular formula is C14H16N2O3S. The Morgan fingerprint density at radius 2 is 2.05 bits per heavy atom. The molecule has 1 N–H and O–H groups in total. The van der Waals surface area contributed by atoms with E-state index in [1.807, 2.05) is 36.2 Å². The van der Waals surface area contributed by atoms with Crippen LogP contribution in [-0.4, -0.2) is 30.2 Å². The van der Waals surface area contributed by atoms with Crippen molar-refractivity contribution >= 4 is 22.4 Å². The number of carbonyl (C=O) groups is 1. The number of aryl methyl sites for hydroxylation is 1. The van der Waals surface area contributed by atoms with Gasteiger partial charge in [0.25, 0.3) is 0 Å². The van der Waals surface area contributed by atoms with Crippen molar-refractivity contribution in [3.05, 3.63) is 40.4 Å². The summed E-state index contributed by atoms with van der Waals surface area (Å²) in [6, 6.07) is 7.76. The van der Waals surface area contributed by atoms with Crippen LogP contribution in [0.4, 0.5) is 5.13 Å². The number of nitrogens with zero attached hydrogens (tertiary/aromatic N) is 2. The van der Waals surface area contributed by atoms with Crippen molar-refractivity contribution in [3.63, 3.8) is 0 Å². The maximum absolute atomic E-state index is 11.0. The van der Waals surface area contributed by atoms with Gasteiger partial charge in [0.05, 0.1) is 12.8 Å². The molecule has 6 heteroatoms. The second-order valence-electron chi connectivity index (χ2n) is 4.42. The standard InChI is InChI=1S/C14H16N2O3S/c1-9-12(13(17)18)20-14(15-9)16(2)8-10-4-6-11(19-3)7-5-10/h4-7H,8H2,1-3H3,(H,17,18). The van der Waals surface area contributed by atoms with E-state index in [9.17, 15) is 4.79 Å². The Labute approximate surface area is 121 Å². The summed E-state index contributed by atoms with van der Waals surface area (Å²) in [6.07, 6.45) is 0. The van der Waals surface area contributed by atoms with Crippen molar-refractivity contribution in [1.82, 2.24) is 4.98 Å². The van der Waals surface area contributed by atoms with Gasteiger partial charge in [-0.1, -0.05) is 23.5 Å². The molecule has 2 aromatic rings. The minimum absolute atomic E-state index is 0.293. The highest BCUT2D eigenvalue weighted by atomic mass is 32.1. The molecule has 0 aliphatic heterocycles. The third-order valence-corrected chi connectivity index (χ3v) is 4.14. The topological polar surface area (TPSA) is 62.7 Å². The van der Waals surface area contributed by atoms with E-state index in [1.54, 1.807) is 14.0 Å². The molecule has 0 unspecified atom stereocenters. The maximum Gasteiger partial charge on any atom is 0.347 e. The first kappa shape index (κ1) is 14.3. The number of carboxylic acid groups (broad SMARTS) is 1. The lowest BCUT2D eigenvalue weighted by molar-refractivity contribution is 0.0701. The molecule has 0 aliphatic rings. The third-order valence-electron chi connectivity index (χ3n) is 2.88. The monoisotopic (exact) mass is 292 g/mol. The molecule has 106 valence electrons. The SMILES string of the molecule is COc1ccc(CN(C)c2nc(C)c(C(=O)O)s2)cc1. The molecule has 0 atom stereocenters. The summed E-state index contributed by atoms with van der Waals surface area (Å²) < 4.78 is 5.12. The van der Waals surface area contributed by atoms with Crippen LogP contribution < -0.4 is 9.64 Å². The second-order valence-corrected chi connectivity index (χ2v) is 5.40. The predicted molar refractivity (Wildman–Crippen MR) is 78.9 cm³/mol. The summed E-state index contributed by atoms with van der Waals surface area (Å²) in [5, 5.41) is 9.75. The van der Waals surface area contributed by atoms with Gasteiger partial charge in [-0.15, -0.1) is 0 Å². The molecule has 0 saturated carbocycles. The molecular weight excluding hydrogens is 276 g/mol. The first-order valence-corrected chi connectivity index (χ1v) is 6.87. The largest absolute Gasteiger partial charge is 0.497 e. The fraction of sp³-hybridized carbons (Fsp3) is 0.286. The van der Waals surface area contributed by atoms with Crippen molar-refractivity contribution in [1.29, 1.82) is 0 Å². The van der Waals surface area contributed by atoms with Gasteiger partial charge in [-0.2, -0.15) is 0 Å². The summed E-state index contributed by atoms with van der Waals surface area (Å²) in [7, 11) is 3.53. The Morgan fingerprint density at radius 3 is 2.55 bits per heavy atom. The highest BCUT2D eigenvalue weighted by molar-refractivity contribution is 7.17. The number of hydrogen-bond donors (Lipinski definition) is 1. The lowest BCUT2D eigenvalue weighted by Gasteiger charge is -2.15. The van der Waals surface area contributed by atoms with Crippen molar-refractivity contribution < 1.29 is 14.6 Å². The molecule has 0 fully saturated rings. The van der Waals surface area contributed by atoms with Gasteiger partial charge >= 0.3 is 5.97 Å². The first-order valence-electron chi connectivity index (χ1n) is 6.06. The Bertz CT molecular complexity index is 607. The van der Waals surface area contributed by atoms with E-state index in [0.29, 0.717) is 22.2 Å². The van der Waals surface area contributed by atoms with Crippen molar-refractivity contribution in [2.75, 3.05) is 19.1 Å². The summed E-state index contributed by atoms with van der Waals surface area (Å²) >= 11 is 1.19. The number of aromatic nitrogens is 1. The first-order chi connectivity index (χ1) is 9.51. The molecule has 20 heavy (non-hydrogen) atoms. The van der Waals surface area contributed by atoms with Crippen LogP contribution in [0.5, 0.6) is 5.75 Å². The number of methoxy groups -OCH3 is 1. The minimum Gasteiger partial charge on any atom is -0.497 e. The number of thiazole rings is 1. The van der Waals surface area contributed by atoms with Gasteiger partial charge < -0.3 is 14.7 Å². The molecule has 0 amide bonds. The van der Waals surface area contributed by atoms with Crippen molar-refractivity contribution in [2.24, 2.45) is 0 Å². The molecule has 0 saturated heterocycles. The molecule has 1 aromatic heterocycles. The molecule has 1 aromatic carbocycles. The number of carboxylic acids is 1. The van der Waals surface area contributed by atoms with E-state index in [0.717, 1.165) is 11.3 Å². The maximum atomic E-state index is 11.0. The molecule has 5 nitrogen and oxygen atoms in total. The van der Waals surface area contributed by atoms with Crippen LogP contribution in [0.1, 0.15) is 20.9 Å². The molecule has 0 spiro atoms. The molecule has 1 heterocycles. The van der Waals surface area contributed by atoms with Crippen LogP contribution in [0.25, 0.3) is 0 Å². The lowest BCUT2D eigenvalue weighted by atomic mass is 10.2. The van der Waals surface area contributed by atoms with Gasteiger partial charge in [0.2, 0.25) is 0 Å². The third kappa shape index (κ3) is 3.08. The summed E-state index contributed by atoms with van der Waals surface area (Å²) in [4.78, 5) is 17.6. The highest BCUT2D eigenvalue weighted by Gasteiger charge is 2.16. The van der Waals surface area contributed by atoms with E-state index >= 15 is 0 Å². The van der Waals surface area contributed by atoms with Gasteiger partial charge in [-0.25, -0.2) is 9.78 Å². The van der Waals surface area contributed by atoms with Crippen LogP contribution in [0, 0.1) is 6.92 Å². The molecule has 2 rings (SSSR count). The average Bonchev–Trinajstić information content (AvgIpc) is 2.82. The van der Waals surface area contributed by atoms with Crippen molar-refractivity contribution in [3.8, 4) is 5.75 Å². The van der Waals surface area contributed by atoms with E-state index in [4.69, 9.17) is 9.84 Å². The zero-order valence-electron chi connectivity index (χ0n) is 11.6. The van der Waals surface area contributed by atoms with Crippen molar-refractivity contribution in [2.45, 2.75) is 13.5 Å². The number of ether oxygens (including phenoxy) is 1. The molecule has 0 aliphatic carbocycles. The van der Waals surface area contributed by atoms with Gasteiger partial charge in [0.1, 0.15) is 10.6 Å². The van der Waals surface area contributed by atoms with Crippen LogP contribution in [0.2, 0.25) is 0 Å². The Morgan fingerprint density at radius 1 is 1.40 bits per heavy atom. The Balaban J connectivity index is 2.12. The quantitative estimate of drug-likeness (QED) is 0.918. The van der Waals surface area contributed by atoms with Crippen LogP contribution in [-0.2, 0) is 6.54 Å². The fourth-order valence-corrected chi connectivity index (χ4v) is 2.68. The highest BCUT2D eigenvalue weighted by Crippen LogP contribution is 2.26. The molecule has 0 radical (unpaired) electrons. The zero-order valence-corrected chi connectivity index (χ0v) is 12.4. The van der Waals surface area contributed by atoms with Gasteiger partial charge in [0, 0.05) is 13.6 Å². The fourth-order valence-electron chi connectivity index (χ4n) is 1.82. The van der Waals surface area contributed by atoms with Crippen LogP contribution >= 0.6 is 11.3 Å². The lowest BCUT2D eigenvalue weighted by Crippen LogP contribution is -2.15. The number of hydrogen-bond acceptors (Lipinski definition) is 5. The number of anilines is 1. The van der Waals surface area contributed by atoms with Gasteiger partial charge in [-0.05, 0) is 24.6 Å². The van der Waals surface area contributed by atoms with Gasteiger partial charge in [-0.3, -0.25) is 0 Å². The summed E-state index contributed by atoms with van der Waals surface area (Å²) in [5.41, 5.74) is 1.66. The predicted octanol–water partition coefficient (Wildman–Crippen LogP) is 2.79. The summed E-state index contributed by atoms with van der Waals surface area (Å²) in [6.45, 7) is 2.38. The number of benzene rings is 1. The van der Waals surface area contributed by atoms with Gasteiger partial charge in [0.15, 0.2) is 5.13 Å². The van der Waals surface area contributed by atoms with E-state index in [1.165, 1.54) is 11.3 Å².